The van der Waals surface area contributed by atoms with E-state index in [1.54, 1.807) is 0 Å². The number of carbonyl (C=O) groups is 1. The third-order valence-corrected chi connectivity index (χ3v) is 16.5. The summed E-state index contributed by atoms with van der Waals surface area (Å²) in [5, 5.41) is 12.6. The van der Waals surface area contributed by atoms with Crippen LogP contribution in [-0.2, 0) is 23.1 Å². The molecule has 60 heavy (non-hydrogen) atoms. The monoisotopic (exact) mass is 917 g/mol. The van der Waals surface area contributed by atoms with E-state index in [1.165, 1.54) is 47.7 Å². The molecule has 0 N–H and O–H groups in total. The average molecular weight is 917 g/mol. The Morgan fingerprint density at radius 2 is 0.300 bits per heavy atom. The van der Waals surface area contributed by atoms with E-state index in [-0.39, 0.29) is 0 Å². The van der Waals surface area contributed by atoms with Crippen LogP contribution in [0.15, 0.2) is 273 Å². The quantitative estimate of drug-likeness (QED) is 0.0801. The Bertz CT molecular complexity index is 1920. The average Bonchev–Trinajstić information content (AvgIpc) is 3.33. The van der Waals surface area contributed by atoms with Gasteiger partial charge >= 0.3 is 28.0 Å². The molecule has 0 atom stereocenters. The second-order valence-corrected chi connectivity index (χ2v) is 20.2. The molecule has 0 amide bonds. The van der Waals surface area contributed by atoms with Crippen molar-refractivity contribution in [3.8, 4) is 0 Å². The third kappa shape index (κ3) is 13.3. The number of benzene rings is 9. The van der Waals surface area contributed by atoms with Crippen molar-refractivity contribution < 1.29 is 23.1 Å². The number of hydrogen-bond donors (Lipinski definition) is 0. The molecule has 5 heteroatoms. The smallest absolute Gasteiger partial charge is 0.0134 e. The van der Waals surface area contributed by atoms with Gasteiger partial charge in [-0.1, -0.05) is 273 Å². The van der Waals surface area contributed by atoms with Gasteiger partial charge in [-0.3, -0.25) is 0 Å². The standard InChI is InChI=1S/3C18H15P.CHO.Ru/c3*1-4-10-16(11-5-1)19(17-12-6-2-7-13-17)18-14-8-3-9-15-18;1-2;/h3*1-15H;1H;. The van der Waals surface area contributed by atoms with Gasteiger partial charge in [-0.05, 0) is 71.5 Å². The second kappa shape index (κ2) is 25.2. The fourth-order valence-corrected chi connectivity index (χ4v) is 13.5. The van der Waals surface area contributed by atoms with E-state index in [0.29, 0.717) is 4.88 Å². The summed E-state index contributed by atoms with van der Waals surface area (Å²) in [6.45, 7) is 0. The molecule has 9 aromatic rings. The molecule has 0 saturated carbocycles. The Kier molecular flexibility index (Phi) is 18.6. The van der Waals surface area contributed by atoms with E-state index in [2.05, 4.69) is 273 Å². The first kappa shape index (κ1) is 44.1. The van der Waals surface area contributed by atoms with Gasteiger partial charge in [-0.25, -0.2) is 0 Å². The molecule has 0 fully saturated rings. The maximum absolute atomic E-state index is 8.77. The summed E-state index contributed by atoms with van der Waals surface area (Å²) in [6, 6.07) is 97.0. The van der Waals surface area contributed by atoms with Crippen molar-refractivity contribution in [3.05, 3.63) is 273 Å². The first-order chi connectivity index (χ1) is 29.8. The van der Waals surface area contributed by atoms with Crippen molar-refractivity contribution in [2.24, 2.45) is 0 Å². The van der Waals surface area contributed by atoms with Gasteiger partial charge in [0.1, 0.15) is 0 Å². The Labute approximate surface area is 370 Å². The minimum Gasteiger partial charge on any atom is -0.0622 e. The van der Waals surface area contributed by atoms with Crippen molar-refractivity contribution in [3.63, 3.8) is 0 Å². The van der Waals surface area contributed by atoms with Gasteiger partial charge in [0.05, 0.1) is 0 Å². The number of carbonyl (C=O) groups excluding carboxylic acids is 1. The zero-order valence-corrected chi connectivity index (χ0v) is 37.6. The predicted molar refractivity (Wildman–Crippen MR) is 262 cm³/mol. The molecule has 0 spiro atoms. The van der Waals surface area contributed by atoms with Crippen LogP contribution in [0, 0.1) is 0 Å². The molecule has 9 rings (SSSR count). The normalized spacial score (nSPS) is 10.3. The molecule has 0 heterocycles. The van der Waals surface area contributed by atoms with Crippen LogP contribution in [0.3, 0.4) is 0 Å². The van der Waals surface area contributed by atoms with Crippen LogP contribution >= 0.6 is 23.8 Å². The molecule has 0 aromatic heterocycles. The Morgan fingerprint density at radius 3 is 0.383 bits per heavy atom. The van der Waals surface area contributed by atoms with Gasteiger partial charge in [-0.2, -0.15) is 0 Å². The summed E-state index contributed by atoms with van der Waals surface area (Å²) < 4.78 is 0. The van der Waals surface area contributed by atoms with Crippen molar-refractivity contribution in [2.75, 3.05) is 0 Å². The SMILES string of the molecule is O=[CH][Ru].c1ccc(P(c2ccccc2)c2ccccc2)cc1.c1ccc(P(c2ccccc2)c2ccccc2)cc1.c1ccc(P(c2ccccc2)c2ccccc2)cc1. The maximum atomic E-state index is 8.77. The zero-order valence-electron chi connectivity index (χ0n) is 33.2. The third-order valence-electron chi connectivity index (χ3n) is 9.13. The summed E-state index contributed by atoms with van der Waals surface area (Å²) >= 11 is 1.83. The molecule has 0 radical (unpaired) electrons. The Morgan fingerprint density at radius 1 is 0.217 bits per heavy atom. The van der Waals surface area contributed by atoms with Gasteiger partial charge in [0.2, 0.25) is 0 Å². The second-order valence-electron chi connectivity index (χ2n) is 13.1. The van der Waals surface area contributed by atoms with Gasteiger partial charge in [0, 0.05) is 0 Å². The van der Waals surface area contributed by atoms with E-state index >= 15 is 0 Å². The summed E-state index contributed by atoms with van der Waals surface area (Å²) in [4.78, 5) is 9.45. The van der Waals surface area contributed by atoms with E-state index in [1.807, 2.05) is 18.3 Å². The maximum Gasteiger partial charge on any atom is -0.0134 e. The summed E-state index contributed by atoms with van der Waals surface area (Å²) in [7, 11) is -1.34. The van der Waals surface area contributed by atoms with Crippen LogP contribution in [-0.4, -0.2) is 4.88 Å². The van der Waals surface area contributed by atoms with Crippen molar-refractivity contribution in [2.45, 2.75) is 0 Å². The van der Waals surface area contributed by atoms with Crippen molar-refractivity contribution in [1.29, 1.82) is 0 Å². The van der Waals surface area contributed by atoms with Crippen molar-refractivity contribution in [1.82, 2.24) is 0 Å². The molecule has 0 bridgehead atoms. The molecule has 9 aromatic carbocycles. The summed E-state index contributed by atoms with van der Waals surface area (Å²) in [5.41, 5.74) is 0. The van der Waals surface area contributed by atoms with Crippen LogP contribution in [0.1, 0.15) is 0 Å². The van der Waals surface area contributed by atoms with Crippen LogP contribution in [0.25, 0.3) is 0 Å². The molecule has 0 aliphatic carbocycles. The fourth-order valence-electron chi connectivity index (χ4n) is 6.54. The van der Waals surface area contributed by atoms with Gasteiger partial charge in [-0.15, -0.1) is 0 Å². The Hall–Kier alpha value is -5.44. The van der Waals surface area contributed by atoms with E-state index in [4.69, 9.17) is 4.79 Å². The first-order valence-electron chi connectivity index (χ1n) is 19.6. The topological polar surface area (TPSA) is 17.1 Å². The molecule has 0 saturated heterocycles. The van der Waals surface area contributed by atoms with E-state index in [0.717, 1.165) is 0 Å². The van der Waals surface area contributed by atoms with Crippen LogP contribution < -0.4 is 47.7 Å². The van der Waals surface area contributed by atoms with Gasteiger partial charge < -0.3 is 0 Å². The number of hydrogen-bond acceptors (Lipinski definition) is 1. The molecule has 0 aliphatic heterocycles. The van der Waals surface area contributed by atoms with Gasteiger partial charge in [0.25, 0.3) is 0 Å². The molecular weight excluding hydrogens is 871 g/mol. The molecule has 1 nitrogen and oxygen atoms in total. The van der Waals surface area contributed by atoms with E-state index in [9.17, 15) is 0 Å². The molecular formula is C55H46OP3Ru. The number of rotatable bonds is 9. The predicted octanol–water partition coefficient (Wildman–Crippen LogP) is 10.1. The van der Waals surface area contributed by atoms with E-state index < -0.39 is 23.8 Å². The first-order valence-corrected chi connectivity index (χ1v) is 24.7. The summed E-state index contributed by atoms with van der Waals surface area (Å²) in [6.07, 6.45) is 0. The van der Waals surface area contributed by atoms with Crippen LogP contribution in [0.4, 0.5) is 0 Å². The van der Waals surface area contributed by atoms with Crippen molar-refractivity contribution >= 4 is 76.4 Å². The van der Waals surface area contributed by atoms with Crippen LogP contribution in [0.5, 0.6) is 0 Å². The van der Waals surface area contributed by atoms with Crippen LogP contribution in [0.2, 0.25) is 0 Å². The van der Waals surface area contributed by atoms with Gasteiger partial charge in [0.15, 0.2) is 0 Å². The zero-order chi connectivity index (χ0) is 41.5. The minimum atomic E-state index is -0.446. The molecule has 0 aliphatic rings. The molecule has 295 valence electrons. The minimum absolute atomic E-state index is 0.446. The summed E-state index contributed by atoms with van der Waals surface area (Å²) in [5.74, 6) is 0. The molecule has 0 unspecified atom stereocenters. The Balaban J connectivity index is 0.000000146. The fraction of sp³-hybridized carbons (Fsp3) is 0. The largest absolute Gasteiger partial charge is 0.0622 e.